The minimum atomic E-state index is -4.57. The number of alkyl halides is 3. The summed E-state index contributed by atoms with van der Waals surface area (Å²) in [6.07, 6.45) is -4.51. The van der Waals surface area contributed by atoms with Crippen molar-refractivity contribution in [2.45, 2.75) is 36.6 Å². The number of halogens is 4. The Balaban J connectivity index is 1.53. The van der Waals surface area contributed by atoms with Crippen molar-refractivity contribution in [1.29, 1.82) is 0 Å². The number of fused-ring (bicyclic) bond motifs is 1. The summed E-state index contributed by atoms with van der Waals surface area (Å²) in [4.78, 5) is 14.7. The summed E-state index contributed by atoms with van der Waals surface area (Å²) in [6.45, 7) is 0.104. The number of thioether (sulfide) groups is 1. The minimum Gasteiger partial charge on any atom is -0.333 e. The number of nitrogens with zero attached hydrogens (tertiary/aromatic N) is 4. The second kappa shape index (κ2) is 7.85. The van der Waals surface area contributed by atoms with Gasteiger partial charge in [-0.05, 0) is 24.3 Å². The van der Waals surface area contributed by atoms with Gasteiger partial charge in [-0.1, -0.05) is 0 Å². The lowest BCUT2D eigenvalue weighted by molar-refractivity contribution is -0.148. The van der Waals surface area contributed by atoms with Crippen LogP contribution in [0, 0.1) is 5.82 Å². The number of amides is 1. The first-order chi connectivity index (χ1) is 12.7. The average molecular weight is 403 g/mol. The Labute approximate surface area is 156 Å². The quantitative estimate of drug-likeness (QED) is 0.612. The highest BCUT2D eigenvalue weighted by atomic mass is 32.2. The van der Waals surface area contributed by atoms with Crippen molar-refractivity contribution < 1.29 is 22.4 Å². The lowest BCUT2D eigenvalue weighted by Crippen LogP contribution is -2.42. The summed E-state index contributed by atoms with van der Waals surface area (Å²) in [5.41, 5.74) is 5.99. The zero-order valence-corrected chi connectivity index (χ0v) is 14.9. The first kappa shape index (κ1) is 19.6. The molecule has 0 bridgehead atoms. The van der Waals surface area contributed by atoms with Crippen molar-refractivity contribution in [1.82, 2.24) is 19.7 Å². The van der Waals surface area contributed by atoms with Crippen LogP contribution in [0.5, 0.6) is 0 Å². The van der Waals surface area contributed by atoms with E-state index < -0.39 is 18.0 Å². The molecule has 0 fully saturated rings. The molecule has 2 heterocycles. The fourth-order valence-corrected chi connectivity index (χ4v) is 3.58. The van der Waals surface area contributed by atoms with Crippen molar-refractivity contribution in [3.63, 3.8) is 0 Å². The van der Waals surface area contributed by atoms with Crippen molar-refractivity contribution in [3.05, 3.63) is 41.7 Å². The van der Waals surface area contributed by atoms with Gasteiger partial charge >= 0.3 is 6.18 Å². The molecule has 1 aliphatic heterocycles. The van der Waals surface area contributed by atoms with Crippen molar-refractivity contribution in [2.75, 3.05) is 12.3 Å². The van der Waals surface area contributed by atoms with E-state index >= 15 is 0 Å². The first-order valence-electron chi connectivity index (χ1n) is 8.15. The van der Waals surface area contributed by atoms with Gasteiger partial charge in [0.05, 0.1) is 6.54 Å². The van der Waals surface area contributed by atoms with Crippen LogP contribution in [0.4, 0.5) is 17.6 Å². The molecule has 0 saturated heterocycles. The molecule has 27 heavy (non-hydrogen) atoms. The maximum atomic E-state index is 12.9. The predicted octanol–water partition coefficient (Wildman–Crippen LogP) is 2.29. The number of carbonyl (C=O) groups is 1. The molecule has 11 heteroatoms. The molecule has 0 unspecified atom stereocenters. The van der Waals surface area contributed by atoms with Gasteiger partial charge in [0.15, 0.2) is 5.82 Å². The highest BCUT2D eigenvalue weighted by Gasteiger charge is 2.39. The topological polar surface area (TPSA) is 77.0 Å². The van der Waals surface area contributed by atoms with Crippen LogP contribution >= 0.6 is 11.8 Å². The fraction of sp³-hybridized carbons (Fsp3) is 0.438. The number of benzene rings is 1. The van der Waals surface area contributed by atoms with E-state index in [4.69, 9.17) is 5.73 Å². The molecule has 0 aliphatic carbocycles. The van der Waals surface area contributed by atoms with Gasteiger partial charge in [0.1, 0.15) is 5.82 Å². The van der Waals surface area contributed by atoms with Gasteiger partial charge in [0.2, 0.25) is 11.7 Å². The molecule has 0 spiro atoms. The zero-order valence-electron chi connectivity index (χ0n) is 14.1. The highest BCUT2D eigenvalue weighted by Crippen LogP contribution is 2.29. The number of carbonyl (C=O) groups excluding carboxylic acids is 1. The van der Waals surface area contributed by atoms with Crippen LogP contribution < -0.4 is 5.73 Å². The summed E-state index contributed by atoms with van der Waals surface area (Å²) < 4.78 is 52.4. The van der Waals surface area contributed by atoms with Crippen molar-refractivity contribution in [2.24, 2.45) is 5.73 Å². The van der Waals surface area contributed by atoms with Crippen LogP contribution in [-0.4, -0.2) is 43.9 Å². The molecule has 2 N–H and O–H groups in total. The van der Waals surface area contributed by atoms with Crippen molar-refractivity contribution in [3.8, 4) is 0 Å². The number of aromatic nitrogens is 3. The molecule has 3 rings (SSSR count). The van der Waals surface area contributed by atoms with Gasteiger partial charge in [-0.3, -0.25) is 4.79 Å². The van der Waals surface area contributed by atoms with E-state index in [0.717, 1.165) is 9.46 Å². The number of hydrogen-bond acceptors (Lipinski definition) is 5. The van der Waals surface area contributed by atoms with Crippen LogP contribution in [0.1, 0.15) is 18.1 Å². The smallest absolute Gasteiger partial charge is 0.333 e. The van der Waals surface area contributed by atoms with Gasteiger partial charge < -0.3 is 15.2 Å². The largest absolute Gasteiger partial charge is 0.451 e. The van der Waals surface area contributed by atoms with Crippen LogP contribution in [0.25, 0.3) is 0 Å². The Morgan fingerprint density at radius 1 is 1.22 bits per heavy atom. The second-order valence-electron chi connectivity index (χ2n) is 6.13. The van der Waals surface area contributed by atoms with E-state index in [1.165, 1.54) is 28.8 Å². The summed E-state index contributed by atoms with van der Waals surface area (Å²) in [7, 11) is 0. The summed E-state index contributed by atoms with van der Waals surface area (Å²) >= 11 is 1.41. The normalized spacial score (nSPS) is 15.5. The summed E-state index contributed by atoms with van der Waals surface area (Å²) in [6, 6.07) is 5.52. The molecule has 1 aromatic heterocycles. The van der Waals surface area contributed by atoms with E-state index in [1.807, 2.05) is 0 Å². The molecule has 0 radical (unpaired) electrons. The Hall–Kier alpha value is -2.14. The third-order valence-corrected chi connectivity index (χ3v) is 5.27. The molecule has 2 aromatic rings. The van der Waals surface area contributed by atoms with Crippen LogP contribution in [0.15, 0.2) is 29.2 Å². The molecular weight excluding hydrogens is 386 g/mol. The maximum absolute atomic E-state index is 12.9. The average Bonchev–Trinajstić information content (AvgIpc) is 3.04. The van der Waals surface area contributed by atoms with Crippen LogP contribution in [0.3, 0.4) is 0 Å². The van der Waals surface area contributed by atoms with E-state index in [1.54, 1.807) is 12.1 Å². The van der Waals surface area contributed by atoms with Gasteiger partial charge in [-0.25, -0.2) is 4.39 Å². The minimum absolute atomic E-state index is 0.0114. The van der Waals surface area contributed by atoms with E-state index in [9.17, 15) is 22.4 Å². The van der Waals surface area contributed by atoms with Gasteiger partial charge in [-0.15, -0.1) is 22.0 Å². The maximum Gasteiger partial charge on any atom is 0.451 e. The Morgan fingerprint density at radius 3 is 2.59 bits per heavy atom. The second-order valence-corrected chi connectivity index (χ2v) is 7.23. The molecule has 6 nitrogen and oxygen atoms in total. The number of hydrogen-bond donors (Lipinski definition) is 1. The van der Waals surface area contributed by atoms with Gasteiger partial charge in [0.25, 0.3) is 0 Å². The zero-order chi connectivity index (χ0) is 19.6. The lowest BCUT2D eigenvalue weighted by Gasteiger charge is -2.29. The summed E-state index contributed by atoms with van der Waals surface area (Å²) in [5.74, 6) is -1.05. The summed E-state index contributed by atoms with van der Waals surface area (Å²) in [5, 5.41) is 6.74. The van der Waals surface area contributed by atoms with E-state index in [-0.39, 0.29) is 43.6 Å². The molecule has 146 valence electrons. The molecule has 1 atom stereocenters. The third-order valence-electron chi connectivity index (χ3n) is 4.07. The Morgan fingerprint density at radius 2 is 1.93 bits per heavy atom. The standard InChI is InChI=1S/C16H17F4N5OS/c17-10-1-3-12(4-2-10)27-9-11(21)7-14(26)24-5-6-25-13(8-24)22-23-15(25)16(18,19)20/h1-4,11H,5-9,21H2/t11-/m0/s1. The Bertz CT molecular complexity index is 808. The first-order valence-corrected chi connectivity index (χ1v) is 9.13. The van der Waals surface area contributed by atoms with Gasteiger partial charge in [-0.2, -0.15) is 13.2 Å². The highest BCUT2D eigenvalue weighted by molar-refractivity contribution is 7.99. The van der Waals surface area contributed by atoms with Gasteiger partial charge in [0, 0.05) is 36.2 Å². The van der Waals surface area contributed by atoms with E-state index in [2.05, 4.69) is 10.2 Å². The molecular formula is C16H17F4N5OS. The fourth-order valence-electron chi connectivity index (χ4n) is 2.73. The molecule has 1 amide bonds. The number of nitrogens with two attached hydrogens (primary N) is 1. The van der Waals surface area contributed by atoms with Crippen LogP contribution in [0.2, 0.25) is 0 Å². The predicted molar refractivity (Wildman–Crippen MR) is 90.2 cm³/mol. The molecule has 1 aliphatic rings. The third kappa shape index (κ3) is 4.78. The SMILES string of the molecule is N[C@H](CSc1ccc(F)cc1)CC(=O)N1CCn2c(nnc2C(F)(F)F)C1. The molecule has 1 aromatic carbocycles. The van der Waals surface area contributed by atoms with Crippen molar-refractivity contribution >= 4 is 17.7 Å². The Kier molecular flexibility index (Phi) is 5.70. The van der Waals surface area contributed by atoms with Crippen LogP contribution in [-0.2, 0) is 24.1 Å². The monoisotopic (exact) mass is 403 g/mol. The van der Waals surface area contributed by atoms with E-state index in [0.29, 0.717) is 5.75 Å². The number of rotatable bonds is 5. The lowest BCUT2D eigenvalue weighted by atomic mass is 10.2. The molecule has 0 saturated carbocycles.